The van der Waals surface area contributed by atoms with Crippen LogP contribution in [0, 0.1) is 0 Å². The number of hydrogen-bond acceptors (Lipinski definition) is 2. The van der Waals surface area contributed by atoms with Crippen LogP contribution in [0.2, 0.25) is 10.0 Å². The molecule has 1 unspecified atom stereocenters. The van der Waals surface area contributed by atoms with E-state index in [1.807, 2.05) is 6.07 Å². The summed E-state index contributed by atoms with van der Waals surface area (Å²) in [5, 5.41) is 0.611. The van der Waals surface area contributed by atoms with Crippen LogP contribution in [0.1, 0.15) is 16.5 Å². The van der Waals surface area contributed by atoms with Gasteiger partial charge in [0.15, 0.2) is 5.58 Å². The Kier molecular flexibility index (Phi) is 3.50. The number of oxazole rings is 1. The van der Waals surface area contributed by atoms with Crippen molar-refractivity contribution in [2.45, 2.75) is 5.38 Å². The second kappa shape index (κ2) is 5.17. The Balaban J connectivity index is 2.09. The number of halogens is 3. The summed E-state index contributed by atoms with van der Waals surface area (Å²) in [4.78, 5) is 13.7. The van der Waals surface area contributed by atoms with Crippen LogP contribution < -0.4 is 5.76 Å². The summed E-state index contributed by atoms with van der Waals surface area (Å²) in [7, 11) is 0. The van der Waals surface area contributed by atoms with Crippen LogP contribution in [0.4, 0.5) is 0 Å². The monoisotopic (exact) mass is 327 g/mol. The molecule has 1 heterocycles. The average Bonchev–Trinajstić information content (AvgIpc) is 2.79. The Morgan fingerprint density at radius 3 is 2.70 bits per heavy atom. The standard InChI is InChI=1S/C14H8Cl3NO2/c15-8-2-3-10(16)9(6-8)13(17)7-1-4-11-12(5-7)20-14(19)18-11/h1-6,13H,(H,18,19). The molecule has 1 aromatic heterocycles. The van der Waals surface area contributed by atoms with Gasteiger partial charge in [0.1, 0.15) is 0 Å². The first-order valence-corrected chi connectivity index (χ1v) is 6.95. The maximum Gasteiger partial charge on any atom is 0.417 e. The Labute approximate surface area is 129 Å². The fourth-order valence-corrected chi connectivity index (χ4v) is 2.79. The van der Waals surface area contributed by atoms with E-state index < -0.39 is 11.1 Å². The molecule has 102 valence electrons. The highest BCUT2D eigenvalue weighted by Gasteiger charge is 2.16. The summed E-state index contributed by atoms with van der Waals surface area (Å²) in [5.74, 6) is -0.496. The van der Waals surface area contributed by atoms with Crippen molar-refractivity contribution in [3.05, 3.63) is 68.1 Å². The number of H-pyrrole nitrogens is 1. The van der Waals surface area contributed by atoms with E-state index in [4.69, 9.17) is 39.2 Å². The molecule has 6 heteroatoms. The van der Waals surface area contributed by atoms with Crippen LogP contribution in [0.15, 0.2) is 45.6 Å². The van der Waals surface area contributed by atoms with E-state index in [9.17, 15) is 4.79 Å². The third-order valence-corrected chi connectivity index (χ3v) is 4.04. The molecule has 0 saturated carbocycles. The molecular formula is C14H8Cl3NO2. The minimum absolute atomic E-state index is 0.455. The largest absolute Gasteiger partial charge is 0.417 e. The topological polar surface area (TPSA) is 46.0 Å². The van der Waals surface area contributed by atoms with Gasteiger partial charge in [0.05, 0.1) is 10.9 Å². The number of fused-ring (bicyclic) bond motifs is 1. The van der Waals surface area contributed by atoms with Crippen LogP contribution in [-0.2, 0) is 0 Å². The van der Waals surface area contributed by atoms with Crippen molar-refractivity contribution in [1.29, 1.82) is 0 Å². The van der Waals surface area contributed by atoms with Gasteiger partial charge in [-0.1, -0.05) is 29.3 Å². The number of alkyl halides is 1. The van der Waals surface area contributed by atoms with Gasteiger partial charge in [-0.2, -0.15) is 0 Å². The third kappa shape index (κ3) is 2.44. The lowest BCUT2D eigenvalue weighted by molar-refractivity contribution is 0.555. The van der Waals surface area contributed by atoms with Crippen LogP contribution in [-0.4, -0.2) is 4.98 Å². The Bertz CT molecular complexity index is 838. The van der Waals surface area contributed by atoms with Gasteiger partial charge in [-0.3, -0.25) is 4.98 Å². The minimum atomic E-state index is -0.496. The van der Waals surface area contributed by atoms with Gasteiger partial charge >= 0.3 is 5.76 Å². The fraction of sp³-hybridized carbons (Fsp3) is 0.0714. The number of benzene rings is 2. The quantitative estimate of drug-likeness (QED) is 0.690. The van der Waals surface area contributed by atoms with Gasteiger partial charge in [0.25, 0.3) is 0 Å². The van der Waals surface area contributed by atoms with Crippen LogP contribution in [0.25, 0.3) is 11.1 Å². The summed E-state index contributed by atoms with van der Waals surface area (Å²) in [6.07, 6.45) is 0. The molecule has 1 atom stereocenters. The van der Waals surface area contributed by atoms with E-state index in [2.05, 4.69) is 4.98 Å². The van der Waals surface area contributed by atoms with Crippen molar-refractivity contribution in [2.75, 3.05) is 0 Å². The van der Waals surface area contributed by atoms with Gasteiger partial charge in [-0.25, -0.2) is 4.79 Å². The van der Waals surface area contributed by atoms with E-state index in [0.29, 0.717) is 26.7 Å². The molecule has 0 fully saturated rings. The predicted octanol–water partition coefficient (Wildman–Crippen LogP) is 4.76. The Morgan fingerprint density at radius 1 is 1.10 bits per heavy atom. The predicted molar refractivity (Wildman–Crippen MR) is 81.0 cm³/mol. The first-order valence-electron chi connectivity index (χ1n) is 5.76. The molecule has 3 nitrogen and oxygen atoms in total. The second-order valence-electron chi connectivity index (χ2n) is 4.30. The van der Waals surface area contributed by atoms with E-state index in [1.54, 1.807) is 30.3 Å². The fourth-order valence-electron chi connectivity index (χ4n) is 2.01. The molecule has 0 spiro atoms. The van der Waals surface area contributed by atoms with Crippen LogP contribution >= 0.6 is 34.8 Å². The maximum atomic E-state index is 11.1. The number of hydrogen-bond donors (Lipinski definition) is 1. The van der Waals surface area contributed by atoms with Crippen molar-refractivity contribution in [2.24, 2.45) is 0 Å². The van der Waals surface area contributed by atoms with Gasteiger partial charge in [0, 0.05) is 10.0 Å². The second-order valence-corrected chi connectivity index (χ2v) is 5.58. The molecular weight excluding hydrogens is 321 g/mol. The van der Waals surface area contributed by atoms with Gasteiger partial charge < -0.3 is 4.42 Å². The van der Waals surface area contributed by atoms with Gasteiger partial charge in [0.2, 0.25) is 0 Å². The molecule has 1 N–H and O–H groups in total. The van der Waals surface area contributed by atoms with Crippen LogP contribution in [0.5, 0.6) is 0 Å². The number of aromatic amines is 1. The summed E-state index contributed by atoms with van der Waals surface area (Å²) >= 11 is 18.5. The Hall–Kier alpha value is -1.42. The van der Waals surface area contributed by atoms with Crippen molar-refractivity contribution < 1.29 is 4.42 Å². The van der Waals surface area contributed by atoms with Crippen LogP contribution in [0.3, 0.4) is 0 Å². The molecule has 3 rings (SSSR count). The summed E-state index contributed by atoms with van der Waals surface area (Å²) in [6, 6.07) is 10.4. The van der Waals surface area contributed by atoms with Crippen molar-refractivity contribution >= 4 is 45.9 Å². The van der Waals surface area contributed by atoms with E-state index in [0.717, 1.165) is 5.56 Å². The highest BCUT2D eigenvalue weighted by Crippen LogP contribution is 2.35. The number of rotatable bonds is 2. The molecule has 0 aliphatic heterocycles. The lowest BCUT2D eigenvalue weighted by Crippen LogP contribution is -1.94. The van der Waals surface area contributed by atoms with Crippen molar-refractivity contribution in [1.82, 2.24) is 4.98 Å². The zero-order valence-electron chi connectivity index (χ0n) is 9.99. The summed E-state index contributed by atoms with van der Waals surface area (Å²) in [6.45, 7) is 0. The molecule has 0 amide bonds. The minimum Gasteiger partial charge on any atom is -0.408 e. The highest BCUT2D eigenvalue weighted by molar-refractivity contribution is 6.35. The van der Waals surface area contributed by atoms with Gasteiger partial charge in [-0.05, 0) is 41.5 Å². The van der Waals surface area contributed by atoms with E-state index in [1.165, 1.54) is 0 Å². The first kappa shape index (κ1) is 13.6. The normalized spacial score (nSPS) is 12.8. The van der Waals surface area contributed by atoms with Gasteiger partial charge in [-0.15, -0.1) is 11.6 Å². The summed E-state index contributed by atoms with van der Waals surface area (Å²) < 4.78 is 5.02. The molecule has 3 aromatic rings. The molecule has 2 aromatic carbocycles. The number of aromatic nitrogens is 1. The average molecular weight is 329 g/mol. The smallest absolute Gasteiger partial charge is 0.408 e. The maximum absolute atomic E-state index is 11.1. The molecule has 0 saturated heterocycles. The lowest BCUT2D eigenvalue weighted by Gasteiger charge is -2.12. The number of nitrogens with one attached hydrogen (secondary N) is 1. The molecule has 20 heavy (non-hydrogen) atoms. The summed E-state index contributed by atoms with van der Waals surface area (Å²) in [5.41, 5.74) is 2.56. The lowest BCUT2D eigenvalue weighted by atomic mass is 10.0. The first-order chi connectivity index (χ1) is 9.54. The molecule has 0 aliphatic carbocycles. The van der Waals surface area contributed by atoms with Crippen molar-refractivity contribution in [3.8, 4) is 0 Å². The highest BCUT2D eigenvalue weighted by atomic mass is 35.5. The molecule has 0 aliphatic rings. The van der Waals surface area contributed by atoms with Crippen molar-refractivity contribution in [3.63, 3.8) is 0 Å². The van der Waals surface area contributed by atoms with E-state index in [-0.39, 0.29) is 0 Å². The molecule has 0 radical (unpaired) electrons. The molecule has 0 bridgehead atoms. The third-order valence-electron chi connectivity index (χ3n) is 2.97. The van der Waals surface area contributed by atoms with E-state index >= 15 is 0 Å². The zero-order chi connectivity index (χ0) is 14.3. The zero-order valence-corrected chi connectivity index (χ0v) is 12.3. The Morgan fingerprint density at radius 2 is 1.90 bits per heavy atom. The SMILES string of the molecule is O=c1[nH]c2ccc(C(Cl)c3cc(Cl)ccc3Cl)cc2o1.